The second-order valence-corrected chi connectivity index (χ2v) is 10.7. The number of benzene rings is 3. The average Bonchev–Trinajstić information content (AvgIpc) is 3.64. The minimum Gasteiger partial charge on any atom is -0.497 e. The fraction of sp³-hybridized carbons (Fsp3) is 0.242. The zero-order valence-electron chi connectivity index (χ0n) is 25.9. The van der Waals surface area contributed by atoms with Crippen molar-refractivity contribution in [3.63, 3.8) is 0 Å². The number of carbonyl (C=O) groups excluding carboxylic acids is 2. The van der Waals surface area contributed by atoms with Crippen LogP contribution in [0.4, 0.5) is 20.6 Å². The van der Waals surface area contributed by atoms with Gasteiger partial charge in [-0.15, -0.1) is 0 Å². The largest absolute Gasteiger partial charge is 0.497 e. The molecule has 0 bridgehead atoms. The van der Waals surface area contributed by atoms with E-state index >= 15 is 0 Å². The molecule has 1 atom stereocenters. The molecule has 0 radical (unpaired) electrons. The standard InChI is InChI=1S/C33H32FN7O6.H2/c1-21(40(27-13-12-24(45-2)20-29(27)46-3)33(44)36-23-10-8-22(34)9-11-23)30-37-26-7-5-4-6-25(26)31(42)41(30)39-18-16-38(17-19-39)32(43)28-14-15-35-47-28;/h4-15,20-21H,16-19H2,1-3H3,(H,36,44);1H. The Labute approximate surface area is 270 Å². The van der Waals surface area contributed by atoms with Gasteiger partial charge in [0.2, 0.25) is 5.76 Å². The fourth-order valence-corrected chi connectivity index (χ4v) is 5.58. The molecule has 2 aromatic heterocycles. The van der Waals surface area contributed by atoms with Crippen molar-refractivity contribution in [1.82, 2.24) is 19.7 Å². The SMILES string of the molecule is COc1ccc(N(C(=O)Nc2ccc(F)cc2)C(C)c2nc3ccccc3c(=O)n2N2CCN(C(=O)c3ccno3)CC2)c(OC)c1.[HH]. The van der Waals surface area contributed by atoms with Gasteiger partial charge in [-0.2, -0.15) is 0 Å². The van der Waals surface area contributed by atoms with Crippen LogP contribution in [-0.4, -0.2) is 72.1 Å². The third-order valence-electron chi connectivity index (χ3n) is 7.98. The zero-order chi connectivity index (χ0) is 33.1. The number of hydrogen-bond acceptors (Lipinski definition) is 9. The first-order valence-corrected chi connectivity index (χ1v) is 14.8. The number of para-hydroxylation sites is 1. The predicted molar refractivity (Wildman–Crippen MR) is 174 cm³/mol. The maximum absolute atomic E-state index is 14.2. The number of urea groups is 1. The van der Waals surface area contributed by atoms with Gasteiger partial charge < -0.3 is 29.2 Å². The lowest BCUT2D eigenvalue weighted by molar-refractivity contribution is 0.0695. The topological polar surface area (TPSA) is 135 Å². The molecule has 1 saturated heterocycles. The maximum atomic E-state index is 14.2. The van der Waals surface area contributed by atoms with E-state index in [0.29, 0.717) is 60.0 Å². The van der Waals surface area contributed by atoms with Crippen LogP contribution in [0.15, 0.2) is 88.3 Å². The summed E-state index contributed by atoms with van der Waals surface area (Å²) in [5.41, 5.74) is 0.859. The Bertz CT molecular complexity index is 1960. The van der Waals surface area contributed by atoms with E-state index in [1.807, 2.05) is 5.01 Å². The van der Waals surface area contributed by atoms with Gasteiger partial charge in [0.15, 0.2) is 5.82 Å². The van der Waals surface area contributed by atoms with E-state index in [1.54, 1.807) is 54.3 Å². The first-order chi connectivity index (χ1) is 22.8. The molecule has 1 fully saturated rings. The number of aromatic nitrogens is 3. The molecule has 3 aromatic carbocycles. The van der Waals surface area contributed by atoms with Gasteiger partial charge >= 0.3 is 6.03 Å². The first kappa shape index (κ1) is 31.1. The molecule has 3 heterocycles. The van der Waals surface area contributed by atoms with Gasteiger partial charge in [0.25, 0.3) is 11.5 Å². The van der Waals surface area contributed by atoms with Crippen molar-refractivity contribution in [2.24, 2.45) is 0 Å². The third kappa shape index (κ3) is 6.17. The number of ether oxygens (including phenoxy) is 2. The van der Waals surface area contributed by atoms with Crippen molar-refractivity contribution in [2.75, 3.05) is 55.6 Å². The number of carbonyl (C=O) groups is 2. The highest BCUT2D eigenvalue weighted by molar-refractivity contribution is 6.03. The van der Waals surface area contributed by atoms with Crippen LogP contribution in [0.3, 0.4) is 0 Å². The smallest absolute Gasteiger partial charge is 0.327 e. The molecule has 3 amide bonds. The lowest BCUT2D eigenvalue weighted by Gasteiger charge is -2.39. The fourth-order valence-electron chi connectivity index (χ4n) is 5.58. The number of rotatable bonds is 8. The maximum Gasteiger partial charge on any atom is 0.327 e. The van der Waals surface area contributed by atoms with Crippen LogP contribution < -0.4 is 30.3 Å². The molecular formula is C33H34FN7O6. The Morgan fingerprint density at radius 3 is 2.43 bits per heavy atom. The normalized spacial score (nSPS) is 13.7. The second kappa shape index (κ2) is 13.2. The third-order valence-corrected chi connectivity index (χ3v) is 7.98. The minimum atomic E-state index is -0.857. The number of amides is 3. The van der Waals surface area contributed by atoms with Crippen LogP contribution in [0.5, 0.6) is 11.5 Å². The Hall–Kier alpha value is -5.92. The molecule has 1 N–H and O–H groups in total. The van der Waals surface area contributed by atoms with Crippen LogP contribution >= 0.6 is 0 Å². The van der Waals surface area contributed by atoms with Crippen molar-refractivity contribution >= 4 is 34.2 Å². The van der Waals surface area contributed by atoms with E-state index < -0.39 is 17.9 Å². The average molecular weight is 644 g/mol. The molecule has 0 aliphatic carbocycles. The lowest BCUT2D eigenvalue weighted by atomic mass is 10.1. The monoisotopic (exact) mass is 643 g/mol. The number of piperazine rings is 1. The Morgan fingerprint density at radius 2 is 1.74 bits per heavy atom. The summed E-state index contributed by atoms with van der Waals surface area (Å²) < 4.78 is 31.3. The summed E-state index contributed by atoms with van der Waals surface area (Å²) in [7, 11) is 3.00. The molecule has 6 rings (SSSR count). The molecular weight excluding hydrogens is 609 g/mol. The number of nitrogens with zero attached hydrogens (tertiary/aromatic N) is 6. The Kier molecular flexibility index (Phi) is 8.73. The second-order valence-electron chi connectivity index (χ2n) is 10.7. The van der Waals surface area contributed by atoms with Gasteiger partial charge in [-0.05, 0) is 55.5 Å². The Morgan fingerprint density at radius 1 is 1.00 bits per heavy atom. The quantitative estimate of drug-likeness (QED) is 0.256. The highest BCUT2D eigenvalue weighted by Gasteiger charge is 2.33. The molecule has 1 aliphatic rings. The molecule has 1 unspecified atom stereocenters. The molecule has 47 heavy (non-hydrogen) atoms. The molecule has 1 aliphatic heterocycles. The van der Waals surface area contributed by atoms with Gasteiger partial charge in [-0.3, -0.25) is 14.5 Å². The van der Waals surface area contributed by atoms with Crippen LogP contribution in [-0.2, 0) is 0 Å². The highest BCUT2D eigenvalue weighted by Crippen LogP contribution is 2.37. The number of fused-ring (bicyclic) bond motifs is 1. The molecule has 5 aromatic rings. The number of nitrogens with one attached hydrogen (secondary N) is 1. The van der Waals surface area contributed by atoms with Crippen LogP contribution in [0, 0.1) is 5.82 Å². The summed E-state index contributed by atoms with van der Waals surface area (Å²) in [6.07, 6.45) is 1.41. The van der Waals surface area contributed by atoms with E-state index in [-0.39, 0.29) is 24.5 Å². The Balaban J connectivity index is 0.00000451. The van der Waals surface area contributed by atoms with Crippen molar-refractivity contribution in [2.45, 2.75) is 13.0 Å². The van der Waals surface area contributed by atoms with Crippen molar-refractivity contribution in [3.8, 4) is 11.5 Å². The van der Waals surface area contributed by atoms with Crippen LogP contribution in [0.25, 0.3) is 10.9 Å². The summed E-state index contributed by atoms with van der Waals surface area (Å²) in [5, 5.41) is 8.67. The van der Waals surface area contributed by atoms with Gasteiger partial charge in [-0.25, -0.2) is 18.8 Å². The van der Waals surface area contributed by atoms with Crippen LogP contribution in [0.2, 0.25) is 0 Å². The summed E-state index contributed by atoms with van der Waals surface area (Å²) >= 11 is 0. The summed E-state index contributed by atoms with van der Waals surface area (Å²) in [5.74, 6) is 0.506. The van der Waals surface area contributed by atoms with Gasteiger partial charge in [0.1, 0.15) is 17.3 Å². The highest BCUT2D eigenvalue weighted by atomic mass is 19.1. The molecule has 13 nitrogen and oxygen atoms in total. The summed E-state index contributed by atoms with van der Waals surface area (Å²) in [6.45, 7) is 2.95. The molecule has 14 heteroatoms. The van der Waals surface area contributed by atoms with E-state index in [9.17, 15) is 18.8 Å². The van der Waals surface area contributed by atoms with E-state index in [4.69, 9.17) is 19.0 Å². The van der Waals surface area contributed by atoms with E-state index in [0.717, 1.165) is 0 Å². The van der Waals surface area contributed by atoms with Gasteiger partial charge in [0.05, 0.1) is 56.1 Å². The van der Waals surface area contributed by atoms with E-state index in [2.05, 4.69) is 10.5 Å². The number of hydrogen-bond donors (Lipinski definition) is 1. The number of anilines is 2. The van der Waals surface area contributed by atoms with Gasteiger partial charge in [-0.1, -0.05) is 17.3 Å². The van der Waals surface area contributed by atoms with Gasteiger partial charge in [0, 0.05) is 32.3 Å². The number of methoxy groups -OCH3 is 2. The van der Waals surface area contributed by atoms with Crippen molar-refractivity contribution < 1.29 is 29.4 Å². The predicted octanol–water partition coefficient (Wildman–Crippen LogP) is 4.68. The molecule has 244 valence electrons. The number of halogens is 1. The zero-order valence-corrected chi connectivity index (χ0v) is 25.9. The van der Waals surface area contributed by atoms with Crippen molar-refractivity contribution in [3.05, 3.63) is 107 Å². The molecule has 0 spiro atoms. The first-order valence-electron chi connectivity index (χ1n) is 14.8. The van der Waals surface area contributed by atoms with E-state index in [1.165, 1.54) is 60.3 Å². The summed E-state index contributed by atoms with van der Waals surface area (Å²) in [6, 6.07) is 17.4. The van der Waals surface area contributed by atoms with Crippen molar-refractivity contribution in [1.29, 1.82) is 0 Å². The van der Waals surface area contributed by atoms with Crippen LogP contribution in [0.1, 0.15) is 30.8 Å². The minimum absolute atomic E-state index is 0. The summed E-state index contributed by atoms with van der Waals surface area (Å²) in [4.78, 5) is 49.2. The lowest BCUT2D eigenvalue weighted by Crippen LogP contribution is -2.57. The molecule has 0 saturated carbocycles.